The van der Waals surface area contributed by atoms with Crippen LogP contribution >= 0.6 is 0 Å². The molecular formula is C30H28FN5O. The van der Waals surface area contributed by atoms with Crippen LogP contribution in [0.5, 0.6) is 0 Å². The van der Waals surface area contributed by atoms with E-state index >= 15 is 0 Å². The second-order valence-corrected chi connectivity index (χ2v) is 9.80. The van der Waals surface area contributed by atoms with Crippen LogP contribution in [-0.2, 0) is 0 Å². The highest BCUT2D eigenvalue weighted by molar-refractivity contribution is 6.03. The molecule has 0 bridgehead atoms. The predicted molar refractivity (Wildman–Crippen MR) is 147 cm³/mol. The Kier molecular flexibility index (Phi) is 5.83. The van der Waals surface area contributed by atoms with E-state index in [1.165, 1.54) is 31.4 Å². The molecule has 37 heavy (non-hydrogen) atoms. The second kappa shape index (κ2) is 9.32. The van der Waals surface area contributed by atoms with Crippen molar-refractivity contribution in [2.24, 2.45) is 4.99 Å². The number of imidazole rings is 1. The summed E-state index contributed by atoms with van der Waals surface area (Å²) in [6, 6.07) is 16.8. The molecule has 0 unspecified atom stereocenters. The second-order valence-electron chi connectivity index (χ2n) is 9.80. The van der Waals surface area contributed by atoms with Crippen LogP contribution in [0.1, 0.15) is 48.0 Å². The van der Waals surface area contributed by atoms with E-state index in [1.807, 2.05) is 30.3 Å². The van der Waals surface area contributed by atoms with Gasteiger partial charge in [0.05, 0.1) is 22.1 Å². The molecule has 1 amide bonds. The number of aromatic nitrogens is 3. The van der Waals surface area contributed by atoms with Crippen LogP contribution in [0.4, 0.5) is 10.1 Å². The van der Waals surface area contributed by atoms with E-state index in [9.17, 15) is 9.18 Å². The van der Waals surface area contributed by atoms with Crippen molar-refractivity contribution in [3.63, 3.8) is 0 Å². The first-order valence-electron chi connectivity index (χ1n) is 12.7. The number of aromatic amines is 1. The Labute approximate surface area is 214 Å². The van der Waals surface area contributed by atoms with Crippen LogP contribution in [0.2, 0.25) is 0 Å². The first-order valence-corrected chi connectivity index (χ1v) is 12.7. The molecule has 186 valence electrons. The normalized spacial score (nSPS) is 14.3. The number of nitrogens with one attached hydrogen (secondary N) is 2. The van der Waals surface area contributed by atoms with Crippen molar-refractivity contribution >= 4 is 40.2 Å². The van der Waals surface area contributed by atoms with Crippen molar-refractivity contribution in [2.45, 2.75) is 45.1 Å². The number of anilines is 1. The first kappa shape index (κ1) is 23.2. The van der Waals surface area contributed by atoms with Crippen LogP contribution < -0.4 is 5.32 Å². The third-order valence-electron chi connectivity index (χ3n) is 7.34. The van der Waals surface area contributed by atoms with Gasteiger partial charge in [0.25, 0.3) is 5.91 Å². The van der Waals surface area contributed by atoms with E-state index in [0.717, 1.165) is 51.8 Å². The number of H-pyrrole nitrogens is 1. The maximum Gasteiger partial charge on any atom is 0.278 e. The highest BCUT2D eigenvalue weighted by Crippen LogP contribution is 2.35. The fourth-order valence-electron chi connectivity index (χ4n) is 5.54. The molecule has 2 aromatic heterocycles. The molecular weight excluding hydrogens is 465 g/mol. The molecule has 5 aromatic rings. The number of aliphatic imine (C=N–C) groups is 1. The van der Waals surface area contributed by atoms with E-state index in [0.29, 0.717) is 22.9 Å². The maximum absolute atomic E-state index is 13.8. The number of halogens is 1. The fourth-order valence-corrected chi connectivity index (χ4v) is 5.54. The Balaban J connectivity index is 1.46. The van der Waals surface area contributed by atoms with Crippen molar-refractivity contribution in [2.75, 3.05) is 5.32 Å². The zero-order valence-corrected chi connectivity index (χ0v) is 20.7. The zero-order chi connectivity index (χ0) is 25.5. The van der Waals surface area contributed by atoms with Crippen molar-refractivity contribution in [3.05, 3.63) is 77.7 Å². The summed E-state index contributed by atoms with van der Waals surface area (Å²) in [7, 11) is 0. The molecule has 1 aliphatic carbocycles. The number of amides is 1. The van der Waals surface area contributed by atoms with Gasteiger partial charge in [0.15, 0.2) is 0 Å². The van der Waals surface area contributed by atoms with E-state index < -0.39 is 0 Å². The average molecular weight is 494 g/mol. The van der Waals surface area contributed by atoms with Gasteiger partial charge in [-0.25, -0.2) is 14.4 Å². The SMILES string of the molecule is C=NC(=O)c1ccc(-n2cc(C)c3c(-c4nc5ccc(F)cc5[nH]4)cccc32)cc1NC1CCCCC1. The molecule has 1 fully saturated rings. The number of carbonyl (C=O) groups is 1. The number of aryl methyl sites for hydroxylation is 1. The quantitative estimate of drug-likeness (QED) is 0.254. The zero-order valence-electron chi connectivity index (χ0n) is 20.7. The summed E-state index contributed by atoms with van der Waals surface area (Å²) in [5.41, 5.74) is 6.72. The molecule has 0 radical (unpaired) electrons. The lowest BCUT2D eigenvalue weighted by atomic mass is 9.95. The van der Waals surface area contributed by atoms with E-state index in [2.05, 4.69) is 45.8 Å². The summed E-state index contributed by atoms with van der Waals surface area (Å²) >= 11 is 0. The molecule has 1 aliphatic rings. The molecule has 1 saturated carbocycles. The number of carbonyl (C=O) groups excluding carboxylic acids is 1. The molecule has 2 heterocycles. The van der Waals surface area contributed by atoms with Crippen molar-refractivity contribution < 1.29 is 9.18 Å². The average Bonchev–Trinajstić information content (AvgIpc) is 3.49. The molecule has 7 heteroatoms. The lowest BCUT2D eigenvalue weighted by molar-refractivity contribution is 0.100. The van der Waals surface area contributed by atoms with E-state index in [1.54, 1.807) is 6.07 Å². The number of hydrogen-bond acceptors (Lipinski definition) is 3. The van der Waals surface area contributed by atoms with Gasteiger partial charge in [-0.15, -0.1) is 0 Å². The van der Waals surface area contributed by atoms with E-state index in [-0.39, 0.29) is 11.7 Å². The molecule has 2 N–H and O–H groups in total. The Morgan fingerprint density at radius 2 is 1.97 bits per heavy atom. The largest absolute Gasteiger partial charge is 0.382 e. The molecule has 3 aromatic carbocycles. The van der Waals surface area contributed by atoms with Gasteiger partial charge in [0, 0.05) is 34.6 Å². The predicted octanol–water partition coefficient (Wildman–Crippen LogP) is 7.21. The van der Waals surface area contributed by atoms with Gasteiger partial charge in [-0.1, -0.05) is 31.4 Å². The van der Waals surface area contributed by atoms with Crippen LogP contribution in [0.25, 0.3) is 39.0 Å². The minimum atomic E-state index is -0.331. The number of benzene rings is 3. The molecule has 6 nitrogen and oxygen atoms in total. The summed E-state index contributed by atoms with van der Waals surface area (Å²) in [5, 5.41) is 4.69. The van der Waals surface area contributed by atoms with Gasteiger partial charge < -0.3 is 14.9 Å². The first-order chi connectivity index (χ1) is 18.0. The number of rotatable bonds is 5. The number of nitrogens with zero attached hydrogens (tertiary/aromatic N) is 3. The topological polar surface area (TPSA) is 75.1 Å². The van der Waals surface area contributed by atoms with Gasteiger partial charge in [0.2, 0.25) is 0 Å². The lowest BCUT2D eigenvalue weighted by Gasteiger charge is -2.25. The number of hydrogen-bond donors (Lipinski definition) is 2. The highest BCUT2D eigenvalue weighted by atomic mass is 19.1. The smallest absolute Gasteiger partial charge is 0.278 e. The van der Waals surface area contributed by atoms with Crippen LogP contribution in [0.15, 0.2) is 65.8 Å². The van der Waals surface area contributed by atoms with Crippen LogP contribution in [0, 0.1) is 12.7 Å². The van der Waals surface area contributed by atoms with E-state index in [4.69, 9.17) is 4.98 Å². The van der Waals surface area contributed by atoms with Gasteiger partial charge >= 0.3 is 0 Å². The summed E-state index contributed by atoms with van der Waals surface area (Å²) in [6.45, 7) is 5.52. The summed E-state index contributed by atoms with van der Waals surface area (Å²) in [6.07, 6.45) is 7.93. The van der Waals surface area contributed by atoms with Gasteiger partial charge in [-0.2, -0.15) is 0 Å². The molecule has 0 saturated heterocycles. The van der Waals surface area contributed by atoms with Crippen LogP contribution in [0.3, 0.4) is 0 Å². The minimum absolute atomic E-state index is 0.297. The van der Waals surface area contributed by atoms with Crippen LogP contribution in [-0.4, -0.2) is 33.2 Å². The standard InChI is InChI=1S/C30H28FN5O/c1-18-17-36(21-12-13-22(30(37)32-2)25(16-21)33-20-7-4-3-5-8-20)27-10-6-9-23(28(18)27)29-34-24-14-11-19(31)15-26(24)35-29/h6,9-17,20,33H,2-5,7-8H2,1H3,(H,34,35). The van der Waals surface area contributed by atoms with Gasteiger partial charge in [-0.05, 0) is 74.5 Å². The van der Waals surface area contributed by atoms with Crippen molar-refractivity contribution in [1.82, 2.24) is 14.5 Å². The Morgan fingerprint density at radius 1 is 1.14 bits per heavy atom. The third kappa shape index (κ3) is 4.20. The highest BCUT2D eigenvalue weighted by Gasteiger charge is 2.19. The third-order valence-corrected chi connectivity index (χ3v) is 7.34. The van der Waals surface area contributed by atoms with Crippen molar-refractivity contribution in [1.29, 1.82) is 0 Å². The van der Waals surface area contributed by atoms with Crippen molar-refractivity contribution in [3.8, 4) is 17.1 Å². The Bertz CT molecular complexity index is 1660. The van der Waals surface area contributed by atoms with Gasteiger partial charge in [0.1, 0.15) is 11.6 Å². The molecule has 0 aliphatic heterocycles. The molecule has 6 rings (SSSR count). The number of fused-ring (bicyclic) bond motifs is 2. The lowest BCUT2D eigenvalue weighted by Crippen LogP contribution is -2.23. The Hall–Kier alpha value is -4.26. The fraction of sp³-hybridized carbons (Fsp3) is 0.233. The molecule has 0 atom stereocenters. The summed E-state index contributed by atoms with van der Waals surface area (Å²) < 4.78 is 15.9. The summed E-state index contributed by atoms with van der Waals surface area (Å²) in [4.78, 5) is 24.2. The minimum Gasteiger partial charge on any atom is -0.382 e. The van der Waals surface area contributed by atoms with Gasteiger partial charge in [-0.3, -0.25) is 4.79 Å². The maximum atomic E-state index is 13.8. The summed E-state index contributed by atoms with van der Waals surface area (Å²) in [5.74, 6) is 0.0705. The molecule has 0 spiro atoms. The Morgan fingerprint density at radius 3 is 2.78 bits per heavy atom. The monoisotopic (exact) mass is 493 g/mol.